The highest BCUT2D eigenvalue weighted by Gasteiger charge is 2.30. The Labute approximate surface area is 206 Å². The first-order valence-electron chi connectivity index (χ1n) is 10.5. The zero-order chi connectivity index (χ0) is 26.0. The maximum Gasteiger partial charge on any atom is 0.406 e. The highest BCUT2D eigenvalue weighted by molar-refractivity contribution is 6.33. The number of amides is 2. The summed E-state index contributed by atoms with van der Waals surface area (Å²) in [6, 6.07) is 12.2. The zero-order valence-electron chi connectivity index (χ0n) is 18.6. The van der Waals surface area contributed by atoms with Crippen molar-refractivity contribution in [3.8, 4) is 11.1 Å². The van der Waals surface area contributed by atoms with Gasteiger partial charge in [-0.05, 0) is 30.3 Å². The second-order valence-electron chi connectivity index (χ2n) is 7.70. The van der Waals surface area contributed by atoms with Crippen LogP contribution in [0.3, 0.4) is 0 Å². The summed E-state index contributed by atoms with van der Waals surface area (Å²) in [5, 5.41) is 7.56. The third kappa shape index (κ3) is 5.41. The first kappa shape index (κ1) is 25.0. The Bertz CT molecular complexity index is 1510. The molecule has 2 aromatic heterocycles. The molecule has 0 aliphatic rings. The van der Waals surface area contributed by atoms with Gasteiger partial charge in [0.15, 0.2) is 0 Å². The summed E-state index contributed by atoms with van der Waals surface area (Å²) in [6.07, 6.45) is -3.39. The Morgan fingerprint density at radius 1 is 1.06 bits per heavy atom. The maximum atomic E-state index is 14.6. The molecule has 3 N–H and O–H groups in total. The van der Waals surface area contributed by atoms with Gasteiger partial charge in [0.2, 0.25) is 0 Å². The lowest BCUT2D eigenvalue weighted by atomic mass is 10.0. The fourth-order valence-electron chi connectivity index (χ4n) is 3.60. The number of carbonyl (C=O) groups excluding carboxylic acids is 1. The number of nitrogens with one attached hydrogen (secondary N) is 3. The molecule has 2 heterocycles. The first-order chi connectivity index (χ1) is 17.1. The molecule has 0 atom stereocenters. The molecule has 2 amide bonds. The number of alkyl halides is 3. The number of hydrogen-bond acceptors (Lipinski definition) is 4. The summed E-state index contributed by atoms with van der Waals surface area (Å²) in [5.41, 5.74) is -1.16. The van der Waals surface area contributed by atoms with Crippen molar-refractivity contribution < 1.29 is 22.4 Å². The van der Waals surface area contributed by atoms with E-state index < -0.39 is 30.1 Å². The lowest BCUT2D eigenvalue weighted by Gasteiger charge is -2.17. The van der Waals surface area contributed by atoms with Crippen LogP contribution in [0, 0.1) is 5.82 Å². The van der Waals surface area contributed by atoms with Crippen LogP contribution in [0.15, 0.2) is 65.6 Å². The van der Waals surface area contributed by atoms with Crippen LogP contribution in [0.25, 0.3) is 22.0 Å². The highest BCUT2D eigenvalue weighted by Crippen LogP contribution is 2.33. The monoisotopic (exact) mass is 519 g/mol. The van der Waals surface area contributed by atoms with Gasteiger partial charge < -0.3 is 16.0 Å². The molecule has 0 bridgehead atoms. The Balaban J connectivity index is 1.81. The SMILES string of the molecule is CNc1cc2c(cn1)cc(-c1cc(NC(=O)Nc3ccccc3)c(F)cc1Cl)c(=O)n2CC(F)(F)F. The van der Waals surface area contributed by atoms with E-state index in [-0.39, 0.29) is 38.6 Å². The van der Waals surface area contributed by atoms with Crippen LogP contribution in [-0.2, 0) is 6.54 Å². The topological polar surface area (TPSA) is 88.1 Å². The normalized spacial score (nSPS) is 11.4. The van der Waals surface area contributed by atoms with E-state index in [2.05, 4.69) is 20.9 Å². The summed E-state index contributed by atoms with van der Waals surface area (Å²) < 4.78 is 55.3. The van der Waals surface area contributed by atoms with Crippen LogP contribution in [0.5, 0.6) is 0 Å². The molecule has 0 saturated carbocycles. The van der Waals surface area contributed by atoms with Gasteiger partial charge in [-0.1, -0.05) is 29.8 Å². The van der Waals surface area contributed by atoms with Gasteiger partial charge in [0.25, 0.3) is 5.56 Å². The number of hydrogen-bond donors (Lipinski definition) is 3. The number of anilines is 3. The first-order valence-corrected chi connectivity index (χ1v) is 10.8. The fourth-order valence-corrected chi connectivity index (χ4v) is 3.85. The van der Waals surface area contributed by atoms with E-state index in [0.717, 1.165) is 12.1 Å². The van der Waals surface area contributed by atoms with Crippen LogP contribution in [0.4, 0.5) is 39.5 Å². The molecule has 0 fully saturated rings. The van der Waals surface area contributed by atoms with Gasteiger partial charge >= 0.3 is 12.2 Å². The molecule has 12 heteroatoms. The van der Waals surface area contributed by atoms with Gasteiger partial charge in [-0.3, -0.25) is 9.36 Å². The number of pyridine rings is 2. The average molecular weight is 520 g/mol. The molecule has 186 valence electrons. The predicted octanol–water partition coefficient (Wildman–Crippen LogP) is 6.10. The third-order valence-electron chi connectivity index (χ3n) is 5.20. The van der Waals surface area contributed by atoms with Gasteiger partial charge in [0.05, 0.1) is 16.2 Å². The van der Waals surface area contributed by atoms with Crippen molar-refractivity contribution in [2.24, 2.45) is 0 Å². The van der Waals surface area contributed by atoms with Crippen LogP contribution in [0.2, 0.25) is 5.02 Å². The summed E-state index contributed by atoms with van der Waals surface area (Å²) in [7, 11) is 1.54. The minimum atomic E-state index is -4.70. The van der Waals surface area contributed by atoms with E-state index in [1.807, 2.05) is 0 Å². The Kier molecular flexibility index (Phi) is 6.84. The van der Waals surface area contributed by atoms with Gasteiger partial charge in [-0.15, -0.1) is 0 Å². The molecular weight excluding hydrogens is 502 g/mol. The zero-order valence-corrected chi connectivity index (χ0v) is 19.3. The van der Waals surface area contributed by atoms with Gasteiger partial charge in [-0.2, -0.15) is 13.2 Å². The quantitative estimate of drug-likeness (QED) is 0.278. The number of rotatable bonds is 5. The molecule has 0 aliphatic heterocycles. The molecule has 36 heavy (non-hydrogen) atoms. The van der Waals surface area contributed by atoms with Gasteiger partial charge in [0.1, 0.15) is 18.2 Å². The molecule has 7 nitrogen and oxygen atoms in total. The number of aromatic nitrogens is 2. The van der Waals surface area contributed by atoms with Crippen LogP contribution >= 0.6 is 11.6 Å². The average Bonchev–Trinajstić information content (AvgIpc) is 2.82. The number of benzene rings is 2. The van der Waals surface area contributed by atoms with Crippen LogP contribution < -0.4 is 21.5 Å². The molecule has 0 spiro atoms. The maximum absolute atomic E-state index is 14.6. The van der Waals surface area contributed by atoms with Crippen molar-refractivity contribution in [3.05, 3.63) is 82.0 Å². The number of urea groups is 1. The van der Waals surface area contributed by atoms with Crippen molar-refractivity contribution in [2.45, 2.75) is 12.7 Å². The predicted molar refractivity (Wildman–Crippen MR) is 131 cm³/mol. The number of fused-ring (bicyclic) bond motifs is 1. The smallest absolute Gasteiger partial charge is 0.373 e. The van der Waals surface area contributed by atoms with E-state index in [0.29, 0.717) is 10.3 Å². The molecule has 0 saturated heterocycles. The van der Waals surface area contributed by atoms with Crippen LogP contribution in [-0.4, -0.2) is 28.8 Å². The molecule has 4 rings (SSSR count). The molecule has 0 unspecified atom stereocenters. The molecule has 2 aromatic carbocycles. The van der Waals surface area contributed by atoms with E-state index in [1.165, 1.54) is 25.4 Å². The summed E-state index contributed by atoms with van der Waals surface area (Å²) in [4.78, 5) is 29.7. The highest BCUT2D eigenvalue weighted by atomic mass is 35.5. The second kappa shape index (κ2) is 9.86. The third-order valence-corrected chi connectivity index (χ3v) is 5.51. The van der Waals surface area contributed by atoms with Crippen molar-refractivity contribution in [1.29, 1.82) is 0 Å². The molecular formula is C24H18ClF4N5O2. The number of halogens is 5. The number of para-hydroxylation sites is 1. The molecule has 4 aromatic rings. The Morgan fingerprint density at radius 2 is 1.78 bits per heavy atom. The van der Waals surface area contributed by atoms with E-state index in [9.17, 15) is 27.2 Å². The fraction of sp³-hybridized carbons (Fsp3) is 0.125. The van der Waals surface area contributed by atoms with E-state index >= 15 is 0 Å². The second-order valence-corrected chi connectivity index (χ2v) is 8.11. The van der Waals surface area contributed by atoms with Crippen molar-refractivity contribution in [2.75, 3.05) is 23.0 Å². The number of nitrogens with zero attached hydrogens (tertiary/aromatic N) is 2. The van der Waals surface area contributed by atoms with Gasteiger partial charge in [-0.25, -0.2) is 14.2 Å². The van der Waals surface area contributed by atoms with Crippen molar-refractivity contribution in [1.82, 2.24) is 9.55 Å². The summed E-state index contributed by atoms with van der Waals surface area (Å²) in [5.74, 6) is -0.634. The standard InChI is InChI=1S/C24H18ClF4N5O2/c1-30-21-10-20-13(11-31-21)7-16(22(35)34(20)12-24(27,28)29)15-8-19(18(26)9-17(15)25)33-23(36)32-14-5-3-2-4-6-14/h2-11H,12H2,1H3,(H,30,31)(H2,32,33,36). The van der Waals surface area contributed by atoms with Crippen LogP contribution in [0.1, 0.15) is 0 Å². The van der Waals surface area contributed by atoms with E-state index in [4.69, 9.17) is 11.6 Å². The van der Waals surface area contributed by atoms with Crippen molar-refractivity contribution >= 4 is 45.7 Å². The minimum Gasteiger partial charge on any atom is -0.373 e. The molecule has 0 radical (unpaired) electrons. The summed E-state index contributed by atoms with van der Waals surface area (Å²) >= 11 is 6.19. The summed E-state index contributed by atoms with van der Waals surface area (Å²) in [6.45, 7) is -1.56. The minimum absolute atomic E-state index is 0.000698. The number of carbonyl (C=O) groups is 1. The molecule has 0 aliphatic carbocycles. The van der Waals surface area contributed by atoms with E-state index in [1.54, 1.807) is 30.3 Å². The Morgan fingerprint density at radius 3 is 2.44 bits per heavy atom. The van der Waals surface area contributed by atoms with Gasteiger partial charge in [0, 0.05) is 41.5 Å². The lowest BCUT2D eigenvalue weighted by Crippen LogP contribution is -2.29. The largest absolute Gasteiger partial charge is 0.406 e. The van der Waals surface area contributed by atoms with Crippen molar-refractivity contribution in [3.63, 3.8) is 0 Å². The Hall–Kier alpha value is -4.12. The lowest BCUT2D eigenvalue weighted by molar-refractivity contribution is -0.140.